The molecule has 0 saturated carbocycles. The summed E-state index contributed by atoms with van der Waals surface area (Å²) in [4.78, 5) is -0.0197. The number of nitrogens with one attached hydrogen (secondary N) is 1. The summed E-state index contributed by atoms with van der Waals surface area (Å²) in [6.45, 7) is 4.48. The molecule has 2 rings (SSSR count). The first-order valence-electron chi connectivity index (χ1n) is 5.96. The van der Waals surface area contributed by atoms with E-state index in [9.17, 15) is 13.5 Å². The number of rotatable bonds is 5. The Bertz CT molecular complexity index is 714. The van der Waals surface area contributed by atoms with E-state index < -0.39 is 16.6 Å². The molecule has 2 N–H and O–H groups in total. The Morgan fingerprint density at radius 2 is 2.00 bits per heavy atom. The third-order valence-electron chi connectivity index (χ3n) is 2.87. The molecule has 0 aliphatic rings. The molecule has 0 fully saturated rings. The predicted octanol–water partition coefficient (Wildman–Crippen LogP) is 1.16. The second-order valence-corrected chi connectivity index (χ2v) is 6.14. The summed E-state index contributed by atoms with van der Waals surface area (Å²) in [7, 11) is -3.79. The fourth-order valence-corrected chi connectivity index (χ4v) is 3.41. The Morgan fingerprint density at radius 3 is 2.55 bits per heavy atom. The van der Waals surface area contributed by atoms with Crippen LogP contribution in [0, 0.1) is 20.8 Å². The summed E-state index contributed by atoms with van der Waals surface area (Å²) in [6.07, 6.45) is 0. The number of aliphatic hydroxyl groups excluding tert-OH is 1. The van der Waals surface area contributed by atoms with Crippen LogP contribution >= 0.6 is 0 Å². The monoisotopic (exact) mass is 300 g/mol. The van der Waals surface area contributed by atoms with E-state index in [0.717, 1.165) is 0 Å². The second kappa shape index (κ2) is 5.39. The third kappa shape index (κ3) is 2.77. The summed E-state index contributed by atoms with van der Waals surface area (Å²) in [5.74, 6) is 1.04. The van der Waals surface area contributed by atoms with Crippen molar-refractivity contribution in [2.45, 2.75) is 38.8 Å². The molecule has 7 nitrogen and oxygen atoms in total. The maximum atomic E-state index is 12.3. The van der Waals surface area contributed by atoms with Crippen LogP contribution in [0.25, 0.3) is 0 Å². The van der Waals surface area contributed by atoms with E-state index in [1.54, 1.807) is 26.8 Å². The van der Waals surface area contributed by atoms with Crippen molar-refractivity contribution in [3.63, 3.8) is 0 Å². The second-order valence-electron chi connectivity index (χ2n) is 4.44. The van der Waals surface area contributed by atoms with E-state index in [-0.39, 0.29) is 22.8 Å². The minimum absolute atomic E-state index is 0.0162. The molecule has 110 valence electrons. The van der Waals surface area contributed by atoms with Gasteiger partial charge in [0.15, 0.2) is 5.76 Å². The van der Waals surface area contributed by atoms with Gasteiger partial charge in [0, 0.05) is 11.6 Å². The molecule has 2 aromatic heterocycles. The number of aromatic nitrogens is 1. The molecule has 0 atom stereocenters. The van der Waals surface area contributed by atoms with Crippen LogP contribution in [-0.2, 0) is 23.2 Å². The van der Waals surface area contributed by atoms with Crippen molar-refractivity contribution < 1.29 is 22.5 Å². The molecule has 0 spiro atoms. The number of sulfonamides is 1. The van der Waals surface area contributed by atoms with Crippen molar-refractivity contribution in [2.24, 2.45) is 0 Å². The minimum Gasteiger partial charge on any atom is -0.465 e. The van der Waals surface area contributed by atoms with Gasteiger partial charge in [-0.1, -0.05) is 5.16 Å². The van der Waals surface area contributed by atoms with Crippen LogP contribution in [-0.4, -0.2) is 18.7 Å². The van der Waals surface area contributed by atoms with Gasteiger partial charge in [0.25, 0.3) is 0 Å². The highest BCUT2D eigenvalue weighted by atomic mass is 32.2. The Kier molecular flexibility index (Phi) is 3.98. The minimum atomic E-state index is -3.79. The largest absolute Gasteiger partial charge is 0.465 e. The zero-order chi connectivity index (χ0) is 14.9. The van der Waals surface area contributed by atoms with E-state index in [4.69, 9.17) is 8.94 Å². The van der Waals surface area contributed by atoms with Gasteiger partial charge in [0.05, 0.1) is 18.8 Å². The summed E-state index contributed by atoms with van der Waals surface area (Å²) in [5, 5.41) is 13.0. The predicted molar refractivity (Wildman–Crippen MR) is 69.4 cm³/mol. The lowest BCUT2D eigenvalue weighted by molar-refractivity contribution is 0.276. The molecule has 20 heavy (non-hydrogen) atoms. The highest BCUT2D eigenvalue weighted by Gasteiger charge is 2.26. The molecular weight excluding hydrogens is 284 g/mol. The van der Waals surface area contributed by atoms with Crippen molar-refractivity contribution in [1.82, 2.24) is 9.88 Å². The van der Waals surface area contributed by atoms with Crippen LogP contribution in [0.2, 0.25) is 0 Å². The van der Waals surface area contributed by atoms with E-state index in [2.05, 4.69) is 9.88 Å². The fourth-order valence-electron chi connectivity index (χ4n) is 1.98. The van der Waals surface area contributed by atoms with Gasteiger partial charge >= 0.3 is 0 Å². The Balaban J connectivity index is 2.27. The van der Waals surface area contributed by atoms with Crippen LogP contribution in [0.1, 0.15) is 28.5 Å². The van der Waals surface area contributed by atoms with Crippen molar-refractivity contribution in [2.75, 3.05) is 0 Å². The summed E-state index contributed by atoms with van der Waals surface area (Å²) in [5.41, 5.74) is 0.939. The molecule has 8 heteroatoms. The van der Waals surface area contributed by atoms with Crippen molar-refractivity contribution in [3.8, 4) is 0 Å². The van der Waals surface area contributed by atoms with Crippen molar-refractivity contribution in [1.29, 1.82) is 0 Å². The molecule has 0 aromatic carbocycles. The fraction of sp³-hybridized carbons (Fsp3) is 0.417. The summed E-state index contributed by atoms with van der Waals surface area (Å²) in [6, 6.07) is 1.64. The highest BCUT2D eigenvalue weighted by Crippen LogP contribution is 2.26. The SMILES string of the molecule is Cc1cc(CNS(=O)(=O)c2c(C)oc(C)c2CO)on1. The molecule has 0 radical (unpaired) electrons. The van der Waals surface area contributed by atoms with Gasteiger partial charge in [-0.05, 0) is 20.8 Å². The standard InChI is InChI=1S/C12H16N2O5S/c1-7-4-10(19-14-7)5-13-20(16,17)12-9(3)18-8(2)11(12)6-15/h4,13,15H,5-6H2,1-3H3. The first kappa shape index (κ1) is 14.8. The zero-order valence-corrected chi connectivity index (χ0v) is 12.2. The Labute approximate surface area is 116 Å². The zero-order valence-electron chi connectivity index (χ0n) is 11.4. The average molecular weight is 300 g/mol. The van der Waals surface area contributed by atoms with Crippen LogP contribution < -0.4 is 4.72 Å². The van der Waals surface area contributed by atoms with Crippen LogP contribution in [0.15, 0.2) is 19.9 Å². The van der Waals surface area contributed by atoms with Gasteiger partial charge in [-0.3, -0.25) is 0 Å². The van der Waals surface area contributed by atoms with Crippen LogP contribution in [0.4, 0.5) is 0 Å². The van der Waals surface area contributed by atoms with E-state index >= 15 is 0 Å². The first-order valence-corrected chi connectivity index (χ1v) is 7.45. The summed E-state index contributed by atoms with van der Waals surface area (Å²) >= 11 is 0. The van der Waals surface area contributed by atoms with E-state index in [1.165, 1.54) is 0 Å². The molecule has 0 unspecified atom stereocenters. The lowest BCUT2D eigenvalue weighted by Gasteiger charge is -2.05. The Hall–Kier alpha value is -1.64. The molecule has 0 amide bonds. The number of hydrogen-bond donors (Lipinski definition) is 2. The summed E-state index contributed by atoms with van der Waals surface area (Å²) < 4.78 is 37.2. The lowest BCUT2D eigenvalue weighted by Crippen LogP contribution is -2.24. The van der Waals surface area contributed by atoms with Gasteiger partial charge in [0.2, 0.25) is 10.0 Å². The molecular formula is C12H16N2O5S. The van der Waals surface area contributed by atoms with E-state index in [1.807, 2.05) is 0 Å². The Morgan fingerprint density at radius 1 is 1.30 bits per heavy atom. The molecule has 2 aromatic rings. The number of hydrogen-bond acceptors (Lipinski definition) is 6. The van der Waals surface area contributed by atoms with Gasteiger partial charge in [-0.2, -0.15) is 0 Å². The number of furan rings is 1. The van der Waals surface area contributed by atoms with Crippen molar-refractivity contribution in [3.05, 3.63) is 34.6 Å². The highest BCUT2D eigenvalue weighted by molar-refractivity contribution is 7.89. The molecule has 0 aliphatic carbocycles. The molecule has 0 bridgehead atoms. The van der Waals surface area contributed by atoms with E-state index in [0.29, 0.717) is 17.2 Å². The number of aliphatic hydroxyl groups is 1. The molecule has 2 heterocycles. The van der Waals surface area contributed by atoms with Gasteiger partial charge in [-0.25, -0.2) is 13.1 Å². The van der Waals surface area contributed by atoms with Crippen LogP contribution in [0.3, 0.4) is 0 Å². The number of nitrogens with zero attached hydrogens (tertiary/aromatic N) is 1. The normalized spacial score (nSPS) is 12.0. The topological polar surface area (TPSA) is 106 Å². The first-order chi connectivity index (χ1) is 9.35. The quantitative estimate of drug-likeness (QED) is 0.858. The molecule has 0 aliphatic heterocycles. The number of aryl methyl sites for hydroxylation is 3. The van der Waals surface area contributed by atoms with Gasteiger partial charge < -0.3 is 14.0 Å². The van der Waals surface area contributed by atoms with Crippen LogP contribution in [0.5, 0.6) is 0 Å². The smallest absolute Gasteiger partial charge is 0.244 e. The molecule has 0 saturated heterocycles. The average Bonchev–Trinajstić information content (AvgIpc) is 2.90. The van der Waals surface area contributed by atoms with Gasteiger partial charge in [0.1, 0.15) is 16.4 Å². The third-order valence-corrected chi connectivity index (χ3v) is 4.46. The van der Waals surface area contributed by atoms with Gasteiger partial charge in [-0.15, -0.1) is 0 Å². The maximum Gasteiger partial charge on any atom is 0.244 e. The lowest BCUT2D eigenvalue weighted by atomic mass is 10.2. The van der Waals surface area contributed by atoms with Crippen molar-refractivity contribution >= 4 is 10.0 Å². The maximum absolute atomic E-state index is 12.3.